The fourth-order valence-electron chi connectivity index (χ4n) is 9.47. The SMILES string of the molecule is Cc1ccc(C2=CC(=O)CCC2)c(C)c1.Cc1ccc(C2=CC(N3CCCCC3)CCC2)c(C)c1.I.Oc1ccc(C2=CC(N3CCCCC3)CCC2)c(O)c1. The largest absolute Gasteiger partial charge is 0.508 e. The molecule has 3 aliphatic carbocycles. The molecule has 6 heteroatoms. The Balaban J connectivity index is 0.000000161. The van der Waals surface area contributed by atoms with Gasteiger partial charge in [0.2, 0.25) is 0 Å². The van der Waals surface area contributed by atoms with E-state index in [4.69, 9.17) is 0 Å². The number of carbonyl (C=O) groups excluding carboxylic acids is 1. The van der Waals surface area contributed by atoms with E-state index in [0.29, 0.717) is 18.5 Å². The number of ketones is 1. The van der Waals surface area contributed by atoms with E-state index >= 15 is 0 Å². The van der Waals surface area contributed by atoms with Crippen LogP contribution in [0.2, 0.25) is 0 Å². The summed E-state index contributed by atoms with van der Waals surface area (Å²) >= 11 is 0. The molecule has 3 aromatic carbocycles. The Morgan fingerprint density at radius 2 is 0.982 bits per heavy atom. The third kappa shape index (κ3) is 12.2. The Hall–Kier alpha value is -3.20. The molecular formula is C50H67IN2O3. The van der Waals surface area contributed by atoms with Crippen LogP contribution in [-0.4, -0.2) is 64.1 Å². The smallest absolute Gasteiger partial charge is 0.155 e. The molecule has 2 N–H and O–H groups in total. The number of likely N-dealkylation sites (tertiary alicyclic amines) is 2. The molecule has 302 valence electrons. The third-order valence-electron chi connectivity index (χ3n) is 12.4. The van der Waals surface area contributed by atoms with E-state index in [1.807, 2.05) is 12.1 Å². The molecule has 0 spiro atoms. The molecule has 3 aromatic rings. The van der Waals surface area contributed by atoms with E-state index in [1.54, 1.807) is 11.6 Å². The van der Waals surface area contributed by atoms with Crippen LogP contribution in [0.1, 0.15) is 135 Å². The summed E-state index contributed by atoms with van der Waals surface area (Å²) in [7, 11) is 0. The molecule has 2 saturated heterocycles. The summed E-state index contributed by atoms with van der Waals surface area (Å²) in [6, 6.07) is 19.5. The van der Waals surface area contributed by atoms with Gasteiger partial charge < -0.3 is 10.2 Å². The summed E-state index contributed by atoms with van der Waals surface area (Å²) in [5, 5.41) is 19.4. The van der Waals surface area contributed by atoms with Crippen LogP contribution in [0.5, 0.6) is 11.5 Å². The highest BCUT2D eigenvalue weighted by Crippen LogP contribution is 2.36. The van der Waals surface area contributed by atoms with Crippen molar-refractivity contribution in [3.8, 4) is 11.5 Å². The second-order valence-electron chi connectivity index (χ2n) is 16.8. The number of carbonyl (C=O) groups is 1. The van der Waals surface area contributed by atoms with Crippen LogP contribution in [0.25, 0.3) is 16.7 Å². The fourth-order valence-corrected chi connectivity index (χ4v) is 9.47. The van der Waals surface area contributed by atoms with Crippen LogP contribution in [0, 0.1) is 27.7 Å². The molecule has 0 bridgehead atoms. The molecule has 2 aliphatic heterocycles. The van der Waals surface area contributed by atoms with E-state index in [2.05, 4.69) is 86.0 Å². The van der Waals surface area contributed by atoms with Gasteiger partial charge in [-0.1, -0.05) is 72.5 Å². The van der Waals surface area contributed by atoms with Gasteiger partial charge in [0.1, 0.15) is 11.5 Å². The minimum Gasteiger partial charge on any atom is -0.508 e. The number of nitrogens with zero attached hydrogens (tertiary/aromatic N) is 2. The molecule has 8 rings (SSSR count). The second-order valence-corrected chi connectivity index (χ2v) is 16.8. The first-order valence-electron chi connectivity index (χ1n) is 21.4. The standard InChI is InChI=1S/C19H27N.C17H23NO2.C14H16O.HI/c1-15-9-10-19(16(2)13-15)17-7-6-8-18(14-17)20-11-4-3-5-12-20;19-15-7-8-16(17(20)12-15)13-5-4-6-14(11-13)18-9-2-1-3-10-18;1-10-6-7-14(11(2)8-10)12-4-3-5-13(15)9-12;/h9-10,13-14,18H,3-8,11-12H2,1-2H3;7-8,11-12,14,19-20H,1-6,9-10H2;6-9H,3-5H2,1-2H3;1H. The molecule has 0 radical (unpaired) electrons. The molecule has 2 atom stereocenters. The Morgan fingerprint density at radius 3 is 1.46 bits per heavy atom. The minimum atomic E-state index is 0. The topological polar surface area (TPSA) is 64.0 Å². The van der Waals surface area contributed by atoms with Gasteiger partial charge in [-0.3, -0.25) is 14.6 Å². The number of aryl methyl sites for hydroxylation is 4. The molecule has 56 heavy (non-hydrogen) atoms. The highest BCUT2D eigenvalue weighted by atomic mass is 127. The normalized spacial score (nSPS) is 21.9. The third-order valence-corrected chi connectivity index (χ3v) is 12.4. The van der Waals surface area contributed by atoms with E-state index in [0.717, 1.165) is 24.8 Å². The number of hydrogen-bond donors (Lipinski definition) is 2. The molecule has 0 amide bonds. The number of benzene rings is 3. The first-order chi connectivity index (χ1) is 26.6. The molecular weight excluding hydrogens is 803 g/mol. The van der Waals surface area contributed by atoms with Gasteiger partial charge in [0.25, 0.3) is 0 Å². The van der Waals surface area contributed by atoms with Crippen molar-refractivity contribution in [2.75, 3.05) is 26.2 Å². The average Bonchev–Trinajstić information content (AvgIpc) is 3.19. The average molecular weight is 871 g/mol. The van der Waals surface area contributed by atoms with Crippen LogP contribution in [-0.2, 0) is 4.79 Å². The van der Waals surface area contributed by atoms with Crippen molar-refractivity contribution in [1.82, 2.24) is 9.80 Å². The monoisotopic (exact) mass is 870 g/mol. The van der Waals surface area contributed by atoms with Crippen LogP contribution < -0.4 is 0 Å². The number of hydrogen-bond acceptors (Lipinski definition) is 5. The number of rotatable bonds is 5. The van der Waals surface area contributed by atoms with Crippen LogP contribution in [0.3, 0.4) is 0 Å². The van der Waals surface area contributed by atoms with Gasteiger partial charge in [-0.25, -0.2) is 0 Å². The zero-order chi connectivity index (χ0) is 38.7. The summed E-state index contributed by atoms with van der Waals surface area (Å²) in [6.07, 6.45) is 25.0. The van der Waals surface area contributed by atoms with Crippen LogP contribution >= 0.6 is 24.0 Å². The Labute approximate surface area is 355 Å². The van der Waals surface area contributed by atoms with Crippen molar-refractivity contribution >= 4 is 46.5 Å². The van der Waals surface area contributed by atoms with Crippen molar-refractivity contribution in [2.45, 2.75) is 136 Å². The molecule has 2 unspecified atom stereocenters. The van der Waals surface area contributed by atoms with Crippen LogP contribution in [0.15, 0.2) is 72.8 Å². The predicted molar refractivity (Wildman–Crippen MR) is 246 cm³/mol. The van der Waals surface area contributed by atoms with Gasteiger partial charge in [-0.15, -0.1) is 24.0 Å². The first-order valence-corrected chi connectivity index (χ1v) is 21.4. The van der Waals surface area contributed by atoms with Crippen molar-refractivity contribution < 1.29 is 15.0 Å². The number of aromatic hydroxyl groups is 2. The summed E-state index contributed by atoms with van der Waals surface area (Å²) in [4.78, 5) is 16.6. The summed E-state index contributed by atoms with van der Waals surface area (Å²) in [5.74, 6) is 0.585. The minimum absolute atomic E-state index is 0. The van der Waals surface area contributed by atoms with E-state index in [1.165, 1.54) is 147 Å². The quantitative estimate of drug-likeness (QED) is 0.250. The lowest BCUT2D eigenvalue weighted by Crippen LogP contribution is -2.39. The lowest BCUT2D eigenvalue weighted by Gasteiger charge is -2.35. The highest BCUT2D eigenvalue weighted by molar-refractivity contribution is 14.0. The molecule has 2 fully saturated rings. The fraction of sp³-hybridized carbons (Fsp3) is 0.500. The van der Waals surface area contributed by atoms with Crippen LogP contribution in [0.4, 0.5) is 0 Å². The van der Waals surface area contributed by atoms with Gasteiger partial charge in [-0.2, -0.15) is 0 Å². The maximum Gasteiger partial charge on any atom is 0.155 e. The summed E-state index contributed by atoms with van der Waals surface area (Å²) in [5.41, 5.74) is 13.0. The van der Waals surface area contributed by atoms with Gasteiger partial charge in [-0.05, 0) is 188 Å². The molecule has 0 aromatic heterocycles. The lowest BCUT2D eigenvalue weighted by molar-refractivity contribution is -0.114. The number of phenolic OH excluding ortho intramolecular Hbond substituents is 2. The van der Waals surface area contributed by atoms with Gasteiger partial charge in [0.05, 0.1) is 0 Å². The zero-order valence-corrected chi connectivity index (χ0v) is 37.0. The van der Waals surface area contributed by atoms with E-state index in [-0.39, 0.29) is 41.3 Å². The number of allylic oxidation sites excluding steroid dienone is 4. The second kappa shape index (κ2) is 21.5. The lowest BCUT2D eigenvalue weighted by atomic mass is 9.87. The Kier molecular flexibility index (Phi) is 16.9. The number of phenols is 2. The Morgan fingerprint density at radius 1 is 0.518 bits per heavy atom. The summed E-state index contributed by atoms with van der Waals surface area (Å²) < 4.78 is 0. The van der Waals surface area contributed by atoms with Crippen molar-refractivity contribution in [3.05, 3.63) is 112 Å². The molecule has 5 nitrogen and oxygen atoms in total. The summed E-state index contributed by atoms with van der Waals surface area (Å²) in [6.45, 7) is 13.7. The van der Waals surface area contributed by atoms with Crippen molar-refractivity contribution in [1.29, 1.82) is 0 Å². The van der Waals surface area contributed by atoms with Gasteiger partial charge in [0, 0.05) is 30.1 Å². The number of piperidine rings is 2. The molecule has 5 aliphatic rings. The van der Waals surface area contributed by atoms with Crippen molar-refractivity contribution in [2.24, 2.45) is 0 Å². The maximum atomic E-state index is 11.3. The highest BCUT2D eigenvalue weighted by Gasteiger charge is 2.24. The zero-order valence-electron chi connectivity index (χ0n) is 34.6. The van der Waals surface area contributed by atoms with E-state index in [9.17, 15) is 15.0 Å². The number of halogens is 1. The van der Waals surface area contributed by atoms with Gasteiger partial charge >= 0.3 is 0 Å². The Bertz CT molecular complexity index is 1770. The van der Waals surface area contributed by atoms with Crippen molar-refractivity contribution in [3.63, 3.8) is 0 Å². The maximum absolute atomic E-state index is 11.3. The van der Waals surface area contributed by atoms with Gasteiger partial charge in [0.15, 0.2) is 5.78 Å². The molecule has 0 saturated carbocycles. The predicted octanol–water partition coefficient (Wildman–Crippen LogP) is 12.3. The molecule has 2 heterocycles. The van der Waals surface area contributed by atoms with E-state index < -0.39 is 0 Å². The first kappa shape index (κ1) is 43.9.